The topological polar surface area (TPSA) is 63.5 Å². The molecular weight excluding hydrogens is 416 g/mol. The molecule has 0 amide bonds. The van der Waals surface area contributed by atoms with Crippen LogP contribution in [0.1, 0.15) is 105 Å². The molecule has 0 radical (unpaired) electrons. The Kier molecular flexibility index (Phi) is 6.89. The van der Waals surface area contributed by atoms with Crippen molar-refractivity contribution < 1.29 is 14.8 Å². The number of phenols is 2. The summed E-state index contributed by atoms with van der Waals surface area (Å²) in [4.78, 5) is 1.44. The largest absolute Gasteiger partial charge is 0.606 e. The second-order valence-corrected chi connectivity index (χ2v) is 14.4. The lowest BCUT2D eigenvalue weighted by atomic mass is 9.81. The summed E-state index contributed by atoms with van der Waals surface area (Å²) in [5.41, 5.74) is 2.10. The minimum atomic E-state index is -1.49. The second kappa shape index (κ2) is 8.29. The third-order valence-electron chi connectivity index (χ3n) is 5.83. The molecule has 2 aromatic rings. The van der Waals surface area contributed by atoms with Gasteiger partial charge in [-0.05, 0) is 33.8 Å². The molecule has 0 aromatic heterocycles. The van der Waals surface area contributed by atoms with E-state index >= 15 is 0 Å². The van der Waals surface area contributed by atoms with Crippen molar-refractivity contribution in [3.05, 3.63) is 46.5 Å². The summed E-state index contributed by atoms with van der Waals surface area (Å²) in [6.07, 6.45) is 0. The van der Waals surface area contributed by atoms with Gasteiger partial charge < -0.3 is 14.8 Å². The average molecular weight is 459 g/mol. The van der Waals surface area contributed by atoms with Crippen LogP contribution in [0.2, 0.25) is 0 Å². The van der Waals surface area contributed by atoms with Crippen molar-refractivity contribution in [1.29, 1.82) is 0 Å². The molecule has 0 unspecified atom stereocenters. The molecular formula is C28H42O3S. The van der Waals surface area contributed by atoms with E-state index in [9.17, 15) is 14.8 Å². The van der Waals surface area contributed by atoms with E-state index in [-0.39, 0.29) is 33.2 Å². The molecule has 2 N–H and O–H groups in total. The van der Waals surface area contributed by atoms with Crippen LogP contribution in [0.4, 0.5) is 0 Å². The van der Waals surface area contributed by atoms with E-state index in [0.29, 0.717) is 0 Å². The highest BCUT2D eigenvalue weighted by molar-refractivity contribution is 7.91. The van der Waals surface area contributed by atoms with Gasteiger partial charge in [0.2, 0.25) is 0 Å². The SMILES string of the molecule is CC(C)(C)c1cc([S+]([O-])c2cc(C(C)(C)C)c(O)cc2C(C)(C)C)c(C(C)(C)C)cc1O. The Labute approximate surface area is 198 Å². The first-order valence-corrected chi connectivity index (χ1v) is 12.5. The Morgan fingerprint density at radius 1 is 0.500 bits per heavy atom. The third kappa shape index (κ3) is 5.46. The Morgan fingerprint density at radius 2 is 0.750 bits per heavy atom. The standard InChI is InChI=1S/C28H42O3S/c1-25(2,3)17-15-23(19(13-21(17)29)27(7,8)9)32(31)24-16-18(26(4,5)6)22(30)14-20(24)28(10,11)12/h13-16,29-30H,1-12H3. The fraction of sp³-hybridized carbons (Fsp3) is 0.571. The van der Waals surface area contributed by atoms with E-state index in [1.807, 2.05) is 53.7 Å². The van der Waals surface area contributed by atoms with Crippen molar-refractivity contribution in [2.24, 2.45) is 0 Å². The minimum absolute atomic E-state index is 0.236. The van der Waals surface area contributed by atoms with Gasteiger partial charge in [0.15, 0.2) is 9.79 Å². The molecule has 0 aliphatic rings. The molecule has 2 aromatic carbocycles. The molecule has 4 heteroatoms. The molecule has 3 nitrogen and oxygen atoms in total. The lowest BCUT2D eigenvalue weighted by Gasteiger charge is -2.30. The summed E-state index contributed by atoms with van der Waals surface area (Å²) in [6, 6.07) is 7.41. The lowest BCUT2D eigenvalue weighted by molar-refractivity contribution is 0.439. The molecule has 0 bridgehead atoms. The monoisotopic (exact) mass is 458 g/mol. The highest BCUT2D eigenvalue weighted by Gasteiger charge is 2.35. The predicted octanol–water partition coefficient (Wildman–Crippen LogP) is 7.45. The predicted molar refractivity (Wildman–Crippen MR) is 136 cm³/mol. The summed E-state index contributed by atoms with van der Waals surface area (Å²) in [6.45, 7) is 24.7. The van der Waals surface area contributed by atoms with Gasteiger partial charge in [0.05, 0.1) is 0 Å². The van der Waals surface area contributed by atoms with Crippen LogP contribution in [0.25, 0.3) is 0 Å². The van der Waals surface area contributed by atoms with E-state index in [1.165, 1.54) is 0 Å². The zero-order valence-corrected chi connectivity index (χ0v) is 22.8. The van der Waals surface area contributed by atoms with Crippen LogP contribution in [0.15, 0.2) is 34.1 Å². The van der Waals surface area contributed by atoms with Crippen LogP contribution >= 0.6 is 0 Å². The Balaban J connectivity index is 2.94. The summed E-state index contributed by atoms with van der Waals surface area (Å²) >= 11 is -1.49. The molecule has 0 aliphatic carbocycles. The quantitative estimate of drug-likeness (QED) is 0.459. The highest BCUT2D eigenvalue weighted by Crippen LogP contribution is 2.44. The summed E-state index contributed by atoms with van der Waals surface area (Å²) in [5, 5.41) is 21.6. The fourth-order valence-electron chi connectivity index (χ4n) is 3.94. The lowest BCUT2D eigenvalue weighted by Crippen LogP contribution is -2.23. The summed E-state index contributed by atoms with van der Waals surface area (Å²) in [7, 11) is 0. The first-order chi connectivity index (χ1) is 14.2. The van der Waals surface area contributed by atoms with Crippen molar-refractivity contribution in [3.8, 4) is 11.5 Å². The zero-order valence-electron chi connectivity index (χ0n) is 22.0. The molecule has 178 valence electrons. The van der Waals surface area contributed by atoms with Gasteiger partial charge in [0.25, 0.3) is 0 Å². The van der Waals surface area contributed by atoms with Gasteiger partial charge in [-0.1, -0.05) is 83.1 Å². The normalized spacial score (nSPS) is 13.7. The van der Waals surface area contributed by atoms with Crippen LogP contribution in [0, 0.1) is 0 Å². The van der Waals surface area contributed by atoms with Gasteiger partial charge in [-0.15, -0.1) is 0 Å². The van der Waals surface area contributed by atoms with E-state index in [2.05, 4.69) is 41.5 Å². The smallest absolute Gasteiger partial charge is 0.162 e. The van der Waals surface area contributed by atoms with Crippen LogP contribution in [0.3, 0.4) is 0 Å². The number of aromatic hydroxyl groups is 2. The molecule has 0 atom stereocenters. The molecule has 2 rings (SSSR count). The highest BCUT2D eigenvalue weighted by atomic mass is 32.2. The number of phenolic OH excluding ortho intramolecular Hbond substituents is 2. The number of hydrogen-bond acceptors (Lipinski definition) is 3. The molecule has 0 heterocycles. The van der Waals surface area contributed by atoms with Crippen molar-refractivity contribution in [1.82, 2.24) is 0 Å². The Morgan fingerprint density at radius 3 is 0.969 bits per heavy atom. The number of hydrogen-bond donors (Lipinski definition) is 2. The van der Waals surface area contributed by atoms with Gasteiger partial charge in [0.1, 0.15) is 11.5 Å². The minimum Gasteiger partial charge on any atom is -0.606 e. The molecule has 0 spiro atoms. The summed E-state index contributed by atoms with van der Waals surface area (Å²) in [5.74, 6) is 0.473. The zero-order chi connectivity index (χ0) is 25.0. The maximum absolute atomic E-state index is 14.3. The third-order valence-corrected chi connectivity index (χ3v) is 7.30. The Hall–Kier alpha value is -1.65. The first-order valence-electron chi connectivity index (χ1n) is 11.3. The second-order valence-electron chi connectivity index (χ2n) is 13.0. The van der Waals surface area contributed by atoms with Gasteiger partial charge in [-0.25, -0.2) is 0 Å². The molecule has 0 saturated carbocycles. The molecule has 0 fully saturated rings. The van der Waals surface area contributed by atoms with Crippen molar-refractivity contribution in [2.75, 3.05) is 0 Å². The number of rotatable bonds is 2. The van der Waals surface area contributed by atoms with Crippen LogP contribution in [0.5, 0.6) is 11.5 Å². The fourth-order valence-corrected chi connectivity index (χ4v) is 5.75. The van der Waals surface area contributed by atoms with Crippen molar-refractivity contribution in [2.45, 2.75) is 115 Å². The van der Waals surface area contributed by atoms with Crippen LogP contribution < -0.4 is 0 Å². The molecule has 0 saturated heterocycles. The van der Waals surface area contributed by atoms with Crippen LogP contribution in [-0.2, 0) is 32.8 Å². The van der Waals surface area contributed by atoms with E-state index < -0.39 is 11.2 Å². The van der Waals surface area contributed by atoms with Crippen LogP contribution in [-0.4, -0.2) is 14.8 Å². The van der Waals surface area contributed by atoms with Crippen molar-refractivity contribution >= 4 is 11.2 Å². The van der Waals surface area contributed by atoms with Gasteiger partial charge in [-0.3, -0.25) is 0 Å². The maximum atomic E-state index is 14.3. The van der Waals surface area contributed by atoms with E-state index in [4.69, 9.17) is 0 Å². The maximum Gasteiger partial charge on any atom is 0.162 e. The first kappa shape index (κ1) is 26.6. The Bertz CT molecular complexity index is 912. The average Bonchev–Trinajstić information content (AvgIpc) is 2.57. The number of benzene rings is 2. The van der Waals surface area contributed by atoms with Gasteiger partial charge >= 0.3 is 0 Å². The van der Waals surface area contributed by atoms with E-state index in [0.717, 1.165) is 32.0 Å². The summed E-state index contributed by atoms with van der Waals surface area (Å²) < 4.78 is 14.3. The molecule has 32 heavy (non-hydrogen) atoms. The van der Waals surface area contributed by atoms with E-state index in [1.54, 1.807) is 12.1 Å². The molecule has 0 aliphatic heterocycles. The van der Waals surface area contributed by atoms with Gasteiger partial charge in [-0.2, -0.15) is 0 Å². The van der Waals surface area contributed by atoms with Gasteiger partial charge in [0, 0.05) is 45.6 Å². The van der Waals surface area contributed by atoms with Crippen molar-refractivity contribution in [3.63, 3.8) is 0 Å².